The summed E-state index contributed by atoms with van der Waals surface area (Å²) in [6.45, 7) is 0. The largest absolute Gasteiger partial charge is 0.507 e. The van der Waals surface area contributed by atoms with Gasteiger partial charge in [0.25, 0.3) is 20.2 Å². The minimum absolute atomic E-state index is 0.339. The first-order valence-electron chi connectivity index (χ1n) is 9.91. The summed E-state index contributed by atoms with van der Waals surface area (Å²) in [4.78, 5) is -2.21. The number of phenolic OH excluding ortho intramolecular Hbond substituents is 2. The first-order chi connectivity index (χ1) is 16.8. The number of azo groups is 1. The highest BCUT2D eigenvalue weighted by Gasteiger charge is 2.28. The number of hydrogen-bond donors (Lipinski definition) is 6. The van der Waals surface area contributed by atoms with E-state index in [0.29, 0.717) is 17.4 Å². The van der Waals surface area contributed by atoms with Crippen LogP contribution in [0.4, 0.5) is 22.7 Å². The van der Waals surface area contributed by atoms with Gasteiger partial charge in [0.15, 0.2) is 5.75 Å². The molecule has 0 radical (unpaired) electrons. The van der Waals surface area contributed by atoms with Gasteiger partial charge in [-0.15, -0.1) is 5.11 Å². The molecule has 8 N–H and O–H groups in total. The maximum Gasteiger partial charge on any atom is 0.296 e. The topological polar surface area (TPSA) is 226 Å². The van der Waals surface area contributed by atoms with E-state index < -0.39 is 63.7 Å². The molecule has 0 aliphatic heterocycles. The van der Waals surface area contributed by atoms with Crippen molar-refractivity contribution in [2.45, 2.75) is 9.79 Å². The van der Waals surface area contributed by atoms with Crippen LogP contribution in [-0.4, -0.2) is 36.2 Å². The van der Waals surface area contributed by atoms with Gasteiger partial charge in [-0.25, -0.2) is 0 Å². The number of phenols is 2. The molecule has 0 bridgehead atoms. The second kappa shape index (κ2) is 8.76. The van der Waals surface area contributed by atoms with Gasteiger partial charge in [-0.3, -0.25) is 9.11 Å². The van der Waals surface area contributed by atoms with Crippen molar-refractivity contribution in [3.05, 3.63) is 60.7 Å². The molecule has 186 valence electrons. The van der Waals surface area contributed by atoms with E-state index in [2.05, 4.69) is 10.2 Å². The van der Waals surface area contributed by atoms with E-state index in [0.717, 1.165) is 17.2 Å². The summed E-state index contributed by atoms with van der Waals surface area (Å²) in [6.07, 6.45) is 0. The Morgan fingerprint density at radius 3 is 1.72 bits per heavy atom. The zero-order chi connectivity index (χ0) is 26.4. The highest BCUT2D eigenvalue weighted by atomic mass is 32.2. The van der Waals surface area contributed by atoms with Crippen LogP contribution in [0, 0.1) is 0 Å². The van der Waals surface area contributed by atoms with Crippen LogP contribution in [0.1, 0.15) is 0 Å². The zero-order valence-corrected chi connectivity index (χ0v) is 19.7. The molecular weight excluding hydrogens is 512 g/mol. The van der Waals surface area contributed by atoms with Gasteiger partial charge >= 0.3 is 0 Å². The fourth-order valence-corrected chi connectivity index (χ4v) is 5.00. The average Bonchev–Trinajstić information content (AvgIpc) is 2.79. The lowest BCUT2D eigenvalue weighted by Crippen LogP contribution is -2.08. The molecule has 4 aromatic rings. The lowest BCUT2D eigenvalue weighted by atomic mass is 10.1. The first-order valence-corrected chi connectivity index (χ1v) is 12.8. The number of benzene rings is 4. The van der Waals surface area contributed by atoms with Crippen molar-refractivity contribution in [1.82, 2.24) is 0 Å². The SMILES string of the molecule is Nc1ccc(-c2ccc(N=Nc3cc(O)c4c(S(=O)(=O)O)cc(S(=O)(=O)O)c(N)c4c3O)cc2)cc1. The average molecular weight is 531 g/mol. The molecule has 0 spiro atoms. The summed E-state index contributed by atoms with van der Waals surface area (Å²) in [5, 5.41) is 27.6. The Morgan fingerprint density at radius 1 is 0.667 bits per heavy atom. The quantitative estimate of drug-likeness (QED) is 0.0940. The smallest absolute Gasteiger partial charge is 0.296 e. The first kappa shape index (κ1) is 24.9. The van der Waals surface area contributed by atoms with Crippen molar-refractivity contribution in [1.29, 1.82) is 0 Å². The minimum atomic E-state index is -5.13. The molecule has 12 nitrogen and oxygen atoms in total. The number of aromatic hydroxyl groups is 2. The van der Waals surface area contributed by atoms with E-state index in [4.69, 9.17) is 11.5 Å². The Balaban J connectivity index is 1.83. The van der Waals surface area contributed by atoms with Crippen LogP contribution in [0.15, 0.2) is 80.7 Å². The Labute approximate surface area is 204 Å². The van der Waals surface area contributed by atoms with Crippen molar-refractivity contribution in [3.63, 3.8) is 0 Å². The fraction of sp³-hybridized carbons (Fsp3) is 0. The fourth-order valence-electron chi connectivity index (χ4n) is 3.55. The van der Waals surface area contributed by atoms with Crippen LogP contribution in [0.2, 0.25) is 0 Å². The van der Waals surface area contributed by atoms with Gasteiger partial charge in [-0.2, -0.15) is 21.9 Å². The van der Waals surface area contributed by atoms with E-state index in [-0.39, 0.29) is 0 Å². The second-order valence-corrected chi connectivity index (χ2v) is 10.4. The normalized spacial score (nSPS) is 12.4. The summed E-state index contributed by atoms with van der Waals surface area (Å²) in [5.41, 5.74) is 13.0. The molecule has 0 aliphatic rings. The van der Waals surface area contributed by atoms with Crippen molar-refractivity contribution in [3.8, 4) is 22.6 Å². The van der Waals surface area contributed by atoms with Crippen LogP contribution in [0.5, 0.6) is 11.5 Å². The van der Waals surface area contributed by atoms with Gasteiger partial charge in [0.1, 0.15) is 21.2 Å². The monoisotopic (exact) mass is 530 g/mol. The Kier molecular flexibility index (Phi) is 6.05. The molecule has 0 aromatic heterocycles. The number of nitrogen functional groups attached to an aromatic ring is 2. The summed E-state index contributed by atoms with van der Waals surface area (Å²) in [6, 6.07) is 15.2. The third-order valence-corrected chi connectivity index (χ3v) is 7.01. The predicted molar refractivity (Wildman–Crippen MR) is 132 cm³/mol. The van der Waals surface area contributed by atoms with E-state index >= 15 is 0 Å². The molecule has 36 heavy (non-hydrogen) atoms. The summed E-state index contributed by atoms with van der Waals surface area (Å²) in [5.74, 6) is -1.66. The molecule has 0 amide bonds. The highest BCUT2D eigenvalue weighted by Crippen LogP contribution is 2.47. The Morgan fingerprint density at radius 2 is 1.19 bits per heavy atom. The van der Waals surface area contributed by atoms with Crippen LogP contribution < -0.4 is 11.5 Å². The van der Waals surface area contributed by atoms with Gasteiger partial charge in [-0.1, -0.05) is 24.3 Å². The lowest BCUT2D eigenvalue weighted by Gasteiger charge is -2.14. The van der Waals surface area contributed by atoms with Gasteiger partial charge in [0.2, 0.25) is 0 Å². The second-order valence-electron chi connectivity index (χ2n) is 7.62. The van der Waals surface area contributed by atoms with Crippen molar-refractivity contribution >= 4 is 53.8 Å². The number of fused-ring (bicyclic) bond motifs is 1. The zero-order valence-electron chi connectivity index (χ0n) is 18.1. The van der Waals surface area contributed by atoms with Crippen LogP contribution in [0.3, 0.4) is 0 Å². The molecule has 0 unspecified atom stereocenters. The molecule has 0 saturated carbocycles. The van der Waals surface area contributed by atoms with E-state index in [1.54, 1.807) is 36.4 Å². The Bertz CT molecular complexity index is 1750. The van der Waals surface area contributed by atoms with Gasteiger partial charge < -0.3 is 21.7 Å². The molecule has 4 aromatic carbocycles. The molecule has 0 aliphatic carbocycles. The number of anilines is 2. The van der Waals surface area contributed by atoms with E-state index in [9.17, 15) is 36.2 Å². The minimum Gasteiger partial charge on any atom is -0.507 e. The lowest BCUT2D eigenvalue weighted by molar-refractivity contribution is 0.466. The predicted octanol–water partition coefficient (Wildman–Crippen LogP) is 3.99. The van der Waals surface area contributed by atoms with Crippen molar-refractivity contribution in [2.75, 3.05) is 11.5 Å². The van der Waals surface area contributed by atoms with Crippen LogP contribution in [-0.2, 0) is 20.2 Å². The third kappa shape index (κ3) is 4.65. The highest BCUT2D eigenvalue weighted by molar-refractivity contribution is 7.87. The molecule has 0 saturated heterocycles. The maximum absolute atomic E-state index is 11.8. The molecule has 4 rings (SSSR count). The molecule has 0 heterocycles. The number of nitrogens with two attached hydrogens (primary N) is 2. The summed E-state index contributed by atoms with van der Waals surface area (Å²) in [7, 11) is -10.2. The van der Waals surface area contributed by atoms with Gasteiger partial charge in [0.05, 0.1) is 22.1 Å². The standard InChI is InChI=1S/C22H18N4O8S2/c23-13-5-1-11(2-6-13)12-3-7-14(8-4-12)25-26-15-9-16(27)19-17(35(29,30)31)10-18(36(32,33)34)21(24)20(19)22(15)28/h1-10,27-28H,23-24H2,(H,29,30,31)(H,32,33,34). The van der Waals surface area contributed by atoms with Crippen molar-refractivity contribution < 1.29 is 36.2 Å². The van der Waals surface area contributed by atoms with Gasteiger partial charge in [0, 0.05) is 11.8 Å². The maximum atomic E-state index is 11.8. The van der Waals surface area contributed by atoms with E-state index in [1.807, 2.05) is 12.1 Å². The van der Waals surface area contributed by atoms with Crippen LogP contribution in [0.25, 0.3) is 21.9 Å². The van der Waals surface area contributed by atoms with Crippen LogP contribution >= 0.6 is 0 Å². The number of hydrogen-bond acceptors (Lipinski definition) is 10. The van der Waals surface area contributed by atoms with Gasteiger partial charge in [-0.05, 0) is 41.5 Å². The van der Waals surface area contributed by atoms with Crippen molar-refractivity contribution in [2.24, 2.45) is 10.2 Å². The number of rotatable bonds is 5. The summed E-state index contributed by atoms with van der Waals surface area (Å²) < 4.78 is 66.1. The number of nitrogens with zero attached hydrogens (tertiary/aromatic N) is 2. The molecule has 0 fully saturated rings. The molecular formula is C22H18N4O8S2. The Hall–Kier alpha value is -4.24. The van der Waals surface area contributed by atoms with E-state index in [1.165, 1.54) is 0 Å². The molecule has 14 heteroatoms. The summed E-state index contributed by atoms with van der Waals surface area (Å²) >= 11 is 0. The molecule has 0 atom stereocenters. The third-order valence-electron chi connectivity index (χ3n) is 5.24.